The lowest BCUT2D eigenvalue weighted by Gasteiger charge is -2.22. The Bertz CT molecular complexity index is 1180. The van der Waals surface area contributed by atoms with Crippen molar-refractivity contribution in [1.82, 2.24) is 4.90 Å². The summed E-state index contributed by atoms with van der Waals surface area (Å²) < 4.78 is 16.8. The Hall–Kier alpha value is -3.58. The van der Waals surface area contributed by atoms with Crippen LogP contribution in [0.2, 0.25) is 0 Å². The molecule has 0 N–H and O–H groups in total. The van der Waals surface area contributed by atoms with Gasteiger partial charge in [0.25, 0.3) is 0 Å². The molecule has 1 aliphatic heterocycles. The van der Waals surface area contributed by atoms with E-state index in [2.05, 4.69) is 57.2 Å². The number of carbonyl (C=O) groups excluding carboxylic acids is 2. The maximum Gasteiger partial charge on any atom is 0.636 e. The molecule has 3 aromatic carbocycles. The van der Waals surface area contributed by atoms with Crippen molar-refractivity contribution in [2.45, 2.75) is 33.8 Å². The molecule has 0 unspecified atom stereocenters. The molecular weight excluding hydrogens is 441 g/mol. The van der Waals surface area contributed by atoms with E-state index in [4.69, 9.17) is 14.0 Å². The SMILES string of the molecule is CCc1c(COc2ccc(B3OC(=O)CN(C)CC(=O)O3)cc2)cccc1-c1c(C)cccc1C. The molecule has 0 amide bonds. The second-order valence-electron chi connectivity index (χ2n) is 8.91. The summed E-state index contributed by atoms with van der Waals surface area (Å²) in [6, 6.07) is 19.8. The summed E-state index contributed by atoms with van der Waals surface area (Å²) in [4.78, 5) is 25.6. The largest absolute Gasteiger partial charge is 0.636 e. The summed E-state index contributed by atoms with van der Waals surface area (Å²) in [5.41, 5.74) is 8.05. The molecule has 1 saturated heterocycles. The van der Waals surface area contributed by atoms with Gasteiger partial charge in [0.05, 0.1) is 13.1 Å². The standard InChI is InChI=1S/C28H30BNO5/c1-5-24-21(10-7-11-25(24)28-19(2)8-6-9-20(28)3)18-33-23-14-12-22(13-15-23)29-34-26(31)16-30(4)17-27(32)35-29/h6-15H,5,16-18H2,1-4H3. The zero-order chi connectivity index (χ0) is 24.9. The van der Waals surface area contributed by atoms with Crippen LogP contribution in [0.1, 0.15) is 29.2 Å². The molecule has 3 aromatic rings. The van der Waals surface area contributed by atoms with Crippen molar-refractivity contribution < 1.29 is 23.6 Å². The molecule has 0 atom stereocenters. The number of nitrogens with zero attached hydrogens (tertiary/aromatic N) is 1. The third-order valence-corrected chi connectivity index (χ3v) is 6.20. The average molecular weight is 471 g/mol. The van der Waals surface area contributed by atoms with E-state index in [9.17, 15) is 9.59 Å². The molecule has 1 fully saturated rings. The molecular formula is C28H30BNO5. The molecule has 1 aliphatic rings. The second kappa shape index (κ2) is 10.8. The number of hydrogen-bond donors (Lipinski definition) is 0. The zero-order valence-electron chi connectivity index (χ0n) is 20.7. The Morgan fingerprint density at radius 1 is 0.886 bits per heavy atom. The summed E-state index contributed by atoms with van der Waals surface area (Å²) in [6.07, 6.45) is 0.898. The van der Waals surface area contributed by atoms with Gasteiger partial charge in [-0.1, -0.05) is 55.5 Å². The van der Waals surface area contributed by atoms with Crippen molar-refractivity contribution in [1.29, 1.82) is 0 Å². The number of benzene rings is 3. The lowest BCUT2D eigenvalue weighted by Crippen LogP contribution is -2.47. The minimum atomic E-state index is -1.06. The van der Waals surface area contributed by atoms with Crippen LogP contribution in [0.5, 0.6) is 5.75 Å². The number of carbonyl (C=O) groups is 2. The summed E-state index contributed by atoms with van der Waals surface area (Å²) in [5.74, 6) is -0.209. The fourth-order valence-corrected chi connectivity index (χ4v) is 4.51. The van der Waals surface area contributed by atoms with Crippen LogP contribution in [0.4, 0.5) is 0 Å². The third-order valence-electron chi connectivity index (χ3n) is 6.20. The molecule has 0 radical (unpaired) electrons. The average Bonchev–Trinajstić information content (AvgIpc) is 2.81. The predicted octanol–water partition coefficient (Wildman–Crippen LogP) is 3.84. The number of likely N-dealkylation sites (N-methyl/N-ethyl adjacent to an activating group) is 1. The maximum absolute atomic E-state index is 12.0. The van der Waals surface area contributed by atoms with Crippen LogP contribution in [-0.4, -0.2) is 44.1 Å². The fourth-order valence-electron chi connectivity index (χ4n) is 4.51. The molecule has 0 bridgehead atoms. The normalized spacial score (nSPS) is 14.7. The van der Waals surface area contributed by atoms with Gasteiger partial charge < -0.3 is 14.0 Å². The van der Waals surface area contributed by atoms with Gasteiger partial charge in [-0.05, 0) is 72.8 Å². The van der Waals surface area contributed by atoms with Crippen LogP contribution >= 0.6 is 0 Å². The molecule has 35 heavy (non-hydrogen) atoms. The van der Waals surface area contributed by atoms with Crippen LogP contribution < -0.4 is 10.2 Å². The van der Waals surface area contributed by atoms with E-state index in [1.54, 1.807) is 36.2 Å². The smallest absolute Gasteiger partial charge is 0.494 e. The van der Waals surface area contributed by atoms with E-state index < -0.39 is 19.1 Å². The van der Waals surface area contributed by atoms with E-state index >= 15 is 0 Å². The Labute approximate surface area is 207 Å². The number of aryl methyl sites for hydroxylation is 2. The first-order valence-corrected chi connectivity index (χ1v) is 11.8. The minimum absolute atomic E-state index is 0.0354. The van der Waals surface area contributed by atoms with E-state index in [-0.39, 0.29) is 13.1 Å². The maximum atomic E-state index is 12.0. The first-order chi connectivity index (χ1) is 16.9. The fraction of sp³-hybridized carbons (Fsp3) is 0.286. The lowest BCUT2D eigenvalue weighted by molar-refractivity contribution is -0.145. The minimum Gasteiger partial charge on any atom is -0.494 e. The Balaban J connectivity index is 1.50. The van der Waals surface area contributed by atoms with Gasteiger partial charge in [0.2, 0.25) is 0 Å². The van der Waals surface area contributed by atoms with E-state index in [0.29, 0.717) is 17.8 Å². The zero-order valence-corrected chi connectivity index (χ0v) is 20.7. The summed E-state index contributed by atoms with van der Waals surface area (Å²) in [5, 5.41) is 0. The van der Waals surface area contributed by atoms with Crippen LogP contribution in [-0.2, 0) is 31.9 Å². The van der Waals surface area contributed by atoms with Crippen LogP contribution in [0, 0.1) is 13.8 Å². The lowest BCUT2D eigenvalue weighted by atomic mass is 9.78. The quantitative estimate of drug-likeness (QED) is 0.510. The monoisotopic (exact) mass is 471 g/mol. The Kier molecular flexibility index (Phi) is 7.56. The summed E-state index contributed by atoms with van der Waals surface area (Å²) in [7, 11) is 0.607. The van der Waals surface area contributed by atoms with Crippen molar-refractivity contribution in [2.75, 3.05) is 20.1 Å². The molecule has 0 aliphatic carbocycles. The summed E-state index contributed by atoms with van der Waals surface area (Å²) >= 11 is 0. The highest BCUT2D eigenvalue weighted by Gasteiger charge is 2.33. The molecule has 0 aromatic heterocycles. The molecule has 0 saturated carbocycles. The first kappa shape index (κ1) is 24.5. The van der Waals surface area contributed by atoms with Gasteiger partial charge in [0, 0.05) is 5.46 Å². The van der Waals surface area contributed by atoms with Crippen molar-refractivity contribution in [3.8, 4) is 16.9 Å². The molecule has 180 valence electrons. The number of hydrogen-bond acceptors (Lipinski definition) is 6. The molecule has 1 heterocycles. The molecule has 0 spiro atoms. The molecule has 6 nitrogen and oxygen atoms in total. The van der Waals surface area contributed by atoms with E-state index in [0.717, 1.165) is 12.0 Å². The van der Waals surface area contributed by atoms with Gasteiger partial charge in [-0.2, -0.15) is 0 Å². The van der Waals surface area contributed by atoms with E-state index in [1.165, 1.54) is 27.8 Å². The van der Waals surface area contributed by atoms with Crippen molar-refractivity contribution in [2.24, 2.45) is 0 Å². The van der Waals surface area contributed by atoms with Crippen LogP contribution in [0.3, 0.4) is 0 Å². The molecule has 7 heteroatoms. The van der Waals surface area contributed by atoms with Crippen LogP contribution in [0.15, 0.2) is 60.7 Å². The highest BCUT2D eigenvalue weighted by atomic mass is 16.6. The van der Waals surface area contributed by atoms with Gasteiger partial charge in [0.15, 0.2) is 0 Å². The van der Waals surface area contributed by atoms with Crippen molar-refractivity contribution in [3.05, 3.63) is 82.9 Å². The molecule has 4 rings (SSSR count). The van der Waals surface area contributed by atoms with Gasteiger partial charge in [-0.3, -0.25) is 14.5 Å². The topological polar surface area (TPSA) is 65.1 Å². The van der Waals surface area contributed by atoms with Crippen LogP contribution in [0.25, 0.3) is 11.1 Å². The highest BCUT2D eigenvalue weighted by Crippen LogP contribution is 2.32. The van der Waals surface area contributed by atoms with Crippen molar-refractivity contribution in [3.63, 3.8) is 0 Å². The Morgan fingerprint density at radius 2 is 1.49 bits per heavy atom. The predicted molar refractivity (Wildman–Crippen MR) is 137 cm³/mol. The van der Waals surface area contributed by atoms with Gasteiger partial charge in [-0.25, -0.2) is 0 Å². The third kappa shape index (κ3) is 5.74. The van der Waals surface area contributed by atoms with Gasteiger partial charge in [-0.15, -0.1) is 0 Å². The first-order valence-electron chi connectivity index (χ1n) is 11.8. The Morgan fingerprint density at radius 3 is 2.09 bits per heavy atom. The number of ether oxygens (including phenoxy) is 1. The van der Waals surface area contributed by atoms with Gasteiger partial charge in [0.1, 0.15) is 12.4 Å². The highest BCUT2D eigenvalue weighted by molar-refractivity contribution is 6.64. The second-order valence-corrected chi connectivity index (χ2v) is 8.91. The van der Waals surface area contributed by atoms with E-state index in [1.807, 2.05) is 0 Å². The van der Waals surface area contributed by atoms with Crippen molar-refractivity contribution >= 4 is 24.5 Å². The van der Waals surface area contributed by atoms with Gasteiger partial charge >= 0.3 is 19.1 Å². The summed E-state index contributed by atoms with van der Waals surface area (Å²) in [6.45, 7) is 6.97. The number of rotatable bonds is 6.